The third kappa shape index (κ3) is 3.44. The molecule has 0 heterocycles. The van der Waals surface area contributed by atoms with Crippen molar-refractivity contribution in [3.8, 4) is 0 Å². The summed E-state index contributed by atoms with van der Waals surface area (Å²) in [5, 5.41) is 1.98. The summed E-state index contributed by atoms with van der Waals surface area (Å²) in [6.07, 6.45) is -4.92. The van der Waals surface area contributed by atoms with Gasteiger partial charge in [-0.25, -0.2) is 13.6 Å². The first-order valence-electron chi connectivity index (χ1n) is 4.68. The van der Waals surface area contributed by atoms with Gasteiger partial charge in [-0.15, -0.1) is 0 Å². The molecule has 3 nitrogen and oxygen atoms in total. The fraction of sp³-hybridized carbons (Fsp3) is 0.400. The number of benzene rings is 1. The monoisotopic (exact) mass is 267 g/mol. The Hall–Kier alpha value is -1.08. The molecule has 1 rings (SSSR count). The van der Waals surface area contributed by atoms with Gasteiger partial charge in [-0.2, -0.15) is 13.2 Å². The molecule has 0 fully saturated rings. The number of halogens is 3. The second-order valence-corrected chi connectivity index (χ2v) is 5.58. The average molecular weight is 267 g/mol. The minimum absolute atomic E-state index is 0.350. The molecule has 2 N–H and O–H groups in total. The van der Waals surface area contributed by atoms with Crippen molar-refractivity contribution in [2.45, 2.75) is 25.3 Å². The van der Waals surface area contributed by atoms with Crippen LogP contribution in [0.1, 0.15) is 21.9 Å². The standard InChI is InChI=1S/C10H12F3NO2S/c1-6-3-7(2)5-8(4-6)9(10(11,12)13)17(14,15)16/h3-5,9H,1-2H3,(H2,14,15,16). The summed E-state index contributed by atoms with van der Waals surface area (Å²) in [5.41, 5.74) is 0.758. The number of hydrogen-bond donors (Lipinski definition) is 1. The molecule has 0 aliphatic rings. The van der Waals surface area contributed by atoms with Crippen molar-refractivity contribution in [1.82, 2.24) is 0 Å². The Morgan fingerprint density at radius 3 is 1.82 bits per heavy atom. The van der Waals surface area contributed by atoms with Crippen LogP contribution in [0.15, 0.2) is 18.2 Å². The highest BCUT2D eigenvalue weighted by Crippen LogP contribution is 2.38. The Kier molecular flexibility index (Phi) is 3.54. The Morgan fingerprint density at radius 1 is 1.12 bits per heavy atom. The molecular weight excluding hydrogens is 255 g/mol. The minimum atomic E-state index is -4.92. The van der Waals surface area contributed by atoms with Gasteiger partial charge in [0.05, 0.1) is 0 Å². The number of nitrogens with two attached hydrogens (primary N) is 1. The van der Waals surface area contributed by atoms with E-state index >= 15 is 0 Å². The van der Waals surface area contributed by atoms with Gasteiger partial charge in [0.2, 0.25) is 10.0 Å². The number of primary sulfonamides is 1. The fourth-order valence-electron chi connectivity index (χ4n) is 1.73. The van der Waals surface area contributed by atoms with Crippen LogP contribution in [0, 0.1) is 13.8 Å². The Balaban J connectivity index is 3.44. The van der Waals surface area contributed by atoms with Gasteiger partial charge in [0.1, 0.15) is 0 Å². The van der Waals surface area contributed by atoms with Crippen LogP contribution >= 0.6 is 0 Å². The Morgan fingerprint density at radius 2 is 1.53 bits per heavy atom. The van der Waals surface area contributed by atoms with Crippen LogP contribution < -0.4 is 5.14 Å². The summed E-state index contributed by atoms with van der Waals surface area (Å²) in [6.45, 7) is 3.18. The second kappa shape index (κ2) is 4.30. The van der Waals surface area contributed by atoms with Gasteiger partial charge >= 0.3 is 6.18 Å². The normalized spacial score (nSPS) is 14.7. The van der Waals surface area contributed by atoms with Gasteiger partial charge in [0.25, 0.3) is 0 Å². The minimum Gasteiger partial charge on any atom is -0.228 e. The Labute approximate surface area is 97.5 Å². The molecule has 0 aromatic heterocycles. The maximum atomic E-state index is 12.7. The maximum Gasteiger partial charge on any atom is 0.410 e. The van der Waals surface area contributed by atoms with Crippen LogP contribution in [0.2, 0.25) is 0 Å². The number of aryl methyl sites for hydroxylation is 2. The van der Waals surface area contributed by atoms with E-state index in [0.29, 0.717) is 11.1 Å². The van der Waals surface area contributed by atoms with E-state index in [2.05, 4.69) is 5.14 Å². The molecular formula is C10H12F3NO2S. The molecule has 0 radical (unpaired) electrons. The number of hydrogen-bond acceptors (Lipinski definition) is 2. The molecule has 7 heteroatoms. The number of sulfonamides is 1. The van der Waals surface area contributed by atoms with Crippen LogP contribution in [0.3, 0.4) is 0 Å². The zero-order valence-corrected chi connectivity index (χ0v) is 10.1. The number of rotatable bonds is 2. The van der Waals surface area contributed by atoms with E-state index in [9.17, 15) is 21.6 Å². The van der Waals surface area contributed by atoms with Crippen LogP contribution in [0.5, 0.6) is 0 Å². The van der Waals surface area contributed by atoms with E-state index in [1.165, 1.54) is 12.1 Å². The van der Waals surface area contributed by atoms with Gasteiger partial charge < -0.3 is 0 Å². The lowest BCUT2D eigenvalue weighted by Crippen LogP contribution is -2.33. The molecule has 0 saturated heterocycles. The quantitative estimate of drug-likeness (QED) is 0.893. The zero-order valence-electron chi connectivity index (χ0n) is 9.25. The van der Waals surface area contributed by atoms with Crippen molar-refractivity contribution in [3.63, 3.8) is 0 Å². The predicted molar refractivity (Wildman–Crippen MR) is 57.8 cm³/mol. The van der Waals surface area contributed by atoms with Gasteiger partial charge in [-0.05, 0) is 19.4 Å². The molecule has 0 bridgehead atoms. The van der Waals surface area contributed by atoms with Crippen molar-refractivity contribution < 1.29 is 21.6 Å². The highest BCUT2D eigenvalue weighted by atomic mass is 32.2. The van der Waals surface area contributed by atoms with E-state index in [0.717, 1.165) is 0 Å². The van der Waals surface area contributed by atoms with E-state index in [-0.39, 0.29) is 5.56 Å². The predicted octanol–water partition coefficient (Wildman–Crippen LogP) is 2.20. The third-order valence-electron chi connectivity index (χ3n) is 2.17. The largest absolute Gasteiger partial charge is 0.410 e. The smallest absolute Gasteiger partial charge is 0.228 e. The topological polar surface area (TPSA) is 60.2 Å². The molecule has 0 saturated carbocycles. The van der Waals surface area contributed by atoms with E-state index in [1.807, 2.05) is 0 Å². The van der Waals surface area contributed by atoms with Crippen molar-refractivity contribution in [2.24, 2.45) is 5.14 Å². The van der Waals surface area contributed by atoms with Crippen molar-refractivity contribution in [1.29, 1.82) is 0 Å². The average Bonchev–Trinajstić information content (AvgIpc) is 1.93. The maximum absolute atomic E-state index is 12.7. The molecule has 0 aliphatic heterocycles. The van der Waals surface area contributed by atoms with Crippen LogP contribution in [-0.2, 0) is 10.0 Å². The van der Waals surface area contributed by atoms with Gasteiger partial charge in [0, 0.05) is 0 Å². The van der Waals surface area contributed by atoms with Gasteiger partial charge in [0.15, 0.2) is 5.25 Å². The molecule has 17 heavy (non-hydrogen) atoms. The highest BCUT2D eigenvalue weighted by molar-refractivity contribution is 7.89. The summed E-state index contributed by atoms with van der Waals surface area (Å²) in [6, 6.07) is 4.01. The first kappa shape index (κ1) is 14.0. The first-order valence-corrected chi connectivity index (χ1v) is 6.29. The summed E-state index contributed by atoms with van der Waals surface area (Å²) in [5.74, 6) is 0. The molecule has 96 valence electrons. The van der Waals surface area contributed by atoms with Crippen molar-refractivity contribution in [3.05, 3.63) is 34.9 Å². The highest BCUT2D eigenvalue weighted by Gasteiger charge is 2.48. The Bertz CT molecular complexity index is 503. The summed E-state index contributed by atoms with van der Waals surface area (Å²) < 4.78 is 60.2. The second-order valence-electron chi connectivity index (χ2n) is 3.93. The molecule has 1 unspecified atom stereocenters. The molecule has 0 aliphatic carbocycles. The lowest BCUT2D eigenvalue weighted by atomic mass is 10.0. The molecule has 0 spiro atoms. The van der Waals surface area contributed by atoms with E-state index < -0.39 is 21.4 Å². The number of alkyl halides is 3. The summed E-state index contributed by atoms with van der Waals surface area (Å²) in [4.78, 5) is 0. The van der Waals surface area contributed by atoms with Gasteiger partial charge in [-0.3, -0.25) is 0 Å². The zero-order chi connectivity index (χ0) is 13.4. The summed E-state index contributed by atoms with van der Waals surface area (Å²) >= 11 is 0. The van der Waals surface area contributed by atoms with Gasteiger partial charge in [-0.1, -0.05) is 29.3 Å². The van der Waals surface area contributed by atoms with Crippen LogP contribution in [0.25, 0.3) is 0 Å². The fourth-order valence-corrected chi connectivity index (χ4v) is 2.61. The van der Waals surface area contributed by atoms with Crippen molar-refractivity contribution in [2.75, 3.05) is 0 Å². The van der Waals surface area contributed by atoms with Crippen molar-refractivity contribution >= 4 is 10.0 Å². The van der Waals surface area contributed by atoms with E-state index in [4.69, 9.17) is 0 Å². The molecule has 1 aromatic carbocycles. The van der Waals surface area contributed by atoms with E-state index in [1.54, 1.807) is 19.9 Å². The lowest BCUT2D eigenvalue weighted by molar-refractivity contribution is -0.131. The van der Waals surface area contributed by atoms with Crippen LogP contribution in [0.4, 0.5) is 13.2 Å². The SMILES string of the molecule is Cc1cc(C)cc(C(C(F)(F)F)S(N)(=O)=O)c1. The third-order valence-corrected chi connectivity index (χ3v) is 3.37. The molecule has 1 atom stereocenters. The van der Waals surface area contributed by atoms with Crippen LogP contribution in [-0.4, -0.2) is 14.6 Å². The molecule has 1 aromatic rings. The lowest BCUT2D eigenvalue weighted by Gasteiger charge is -2.19. The first-order chi connectivity index (χ1) is 7.51. The molecule has 0 amide bonds. The summed E-state index contributed by atoms with van der Waals surface area (Å²) in [7, 11) is -4.73.